The summed E-state index contributed by atoms with van der Waals surface area (Å²) < 4.78 is 27.3. The molecule has 0 spiro atoms. The van der Waals surface area contributed by atoms with Crippen LogP contribution in [0.4, 0.5) is 5.69 Å². The maximum atomic E-state index is 12.8. The van der Waals surface area contributed by atoms with Crippen LogP contribution in [0.15, 0.2) is 17.0 Å². The molecule has 0 aliphatic carbocycles. The Hall–Kier alpha value is -1.07. The number of hydrogen-bond acceptors (Lipinski definition) is 3. The van der Waals surface area contributed by atoms with Crippen molar-refractivity contribution in [3.8, 4) is 0 Å². The molecule has 5 heteroatoms. The summed E-state index contributed by atoms with van der Waals surface area (Å²) in [6.07, 6.45) is 4.30. The molecule has 2 N–H and O–H groups in total. The van der Waals surface area contributed by atoms with Crippen molar-refractivity contribution in [2.75, 3.05) is 18.8 Å². The number of nitrogens with zero attached hydrogens (tertiary/aromatic N) is 1. The fourth-order valence-corrected chi connectivity index (χ4v) is 4.91. The van der Waals surface area contributed by atoms with Crippen LogP contribution in [0.25, 0.3) is 0 Å². The second kappa shape index (κ2) is 6.36. The molecule has 0 atom stereocenters. The first kappa shape index (κ1) is 16.3. The van der Waals surface area contributed by atoms with Gasteiger partial charge in [-0.1, -0.05) is 19.8 Å². The van der Waals surface area contributed by atoms with E-state index in [0.717, 1.165) is 24.0 Å². The van der Waals surface area contributed by atoms with Crippen LogP contribution in [0.1, 0.15) is 43.7 Å². The Balaban J connectivity index is 2.24. The molecule has 1 heterocycles. The van der Waals surface area contributed by atoms with Crippen LogP contribution in [0, 0.1) is 19.8 Å². The lowest BCUT2D eigenvalue weighted by Crippen LogP contribution is -2.38. The first-order valence-electron chi connectivity index (χ1n) is 7.73. The van der Waals surface area contributed by atoms with Crippen LogP contribution in [0.5, 0.6) is 0 Å². The first-order valence-corrected chi connectivity index (χ1v) is 9.17. The molecule has 0 aromatic heterocycles. The highest BCUT2D eigenvalue weighted by atomic mass is 32.2. The molecule has 1 aliphatic heterocycles. The van der Waals surface area contributed by atoms with Gasteiger partial charge < -0.3 is 5.73 Å². The van der Waals surface area contributed by atoms with Crippen molar-refractivity contribution in [3.63, 3.8) is 0 Å². The second-order valence-electron chi connectivity index (χ2n) is 6.10. The zero-order chi connectivity index (χ0) is 15.6. The van der Waals surface area contributed by atoms with Crippen LogP contribution in [0.3, 0.4) is 0 Å². The van der Waals surface area contributed by atoms with E-state index in [-0.39, 0.29) is 0 Å². The predicted molar refractivity (Wildman–Crippen MR) is 86.7 cm³/mol. The molecule has 1 saturated heterocycles. The molecule has 1 aromatic carbocycles. The number of nitrogens with two attached hydrogens (primary N) is 1. The second-order valence-corrected chi connectivity index (χ2v) is 8.00. The third-order valence-corrected chi connectivity index (χ3v) is 6.56. The highest BCUT2D eigenvalue weighted by Gasteiger charge is 2.30. The molecule has 0 unspecified atom stereocenters. The Morgan fingerprint density at radius 3 is 2.43 bits per heavy atom. The van der Waals surface area contributed by atoms with Crippen LogP contribution in [-0.2, 0) is 10.0 Å². The summed E-state index contributed by atoms with van der Waals surface area (Å²) in [4.78, 5) is 0.369. The zero-order valence-corrected chi connectivity index (χ0v) is 14.0. The number of nitrogen functional groups attached to an aromatic ring is 1. The molecule has 2 rings (SSSR count). The Labute approximate surface area is 128 Å². The number of benzene rings is 1. The van der Waals surface area contributed by atoms with E-state index in [2.05, 4.69) is 6.92 Å². The van der Waals surface area contributed by atoms with Crippen LogP contribution in [-0.4, -0.2) is 25.8 Å². The smallest absolute Gasteiger partial charge is 0.243 e. The molecule has 1 aliphatic rings. The van der Waals surface area contributed by atoms with E-state index in [0.29, 0.717) is 29.6 Å². The summed E-state index contributed by atoms with van der Waals surface area (Å²) in [6, 6.07) is 3.41. The largest absolute Gasteiger partial charge is 0.399 e. The third kappa shape index (κ3) is 3.40. The van der Waals surface area contributed by atoms with Crippen molar-refractivity contribution in [2.45, 2.75) is 51.3 Å². The third-order valence-electron chi connectivity index (χ3n) is 4.53. The van der Waals surface area contributed by atoms with Gasteiger partial charge in [-0.3, -0.25) is 0 Å². The molecule has 21 heavy (non-hydrogen) atoms. The van der Waals surface area contributed by atoms with Crippen molar-refractivity contribution in [2.24, 2.45) is 5.92 Å². The fourth-order valence-electron chi connectivity index (χ4n) is 3.11. The zero-order valence-electron chi connectivity index (χ0n) is 13.2. The Bertz CT molecular complexity index is 603. The Morgan fingerprint density at radius 1 is 1.24 bits per heavy atom. The van der Waals surface area contributed by atoms with Gasteiger partial charge in [0.25, 0.3) is 0 Å². The van der Waals surface area contributed by atoms with E-state index in [1.54, 1.807) is 10.4 Å². The molecule has 0 bridgehead atoms. The summed E-state index contributed by atoms with van der Waals surface area (Å²) in [5.74, 6) is 0.671. The summed E-state index contributed by atoms with van der Waals surface area (Å²) in [5.41, 5.74) is 8.08. The minimum atomic E-state index is -3.42. The van der Waals surface area contributed by atoms with Crippen molar-refractivity contribution in [1.82, 2.24) is 4.31 Å². The molecule has 4 nitrogen and oxygen atoms in total. The first-order chi connectivity index (χ1) is 9.86. The van der Waals surface area contributed by atoms with E-state index in [1.165, 1.54) is 12.8 Å². The van der Waals surface area contributed by atoms with Crippen molar-refractivity contribution < 1.29 is 8.42 Å². The quantitative estimate of drug-likeness (QED) is 0.869. The maximum absolute atomic E-state index is 12.8. The van der Waals surface area contributed by atoms with Gasteiger partial charge in [0, 0.05) is 18.8 Å². The molecular weight excluding hydrogens is 284 g/mol. The topological polar surface area (TPSA) is 63.4 Å². The summed E-state index contributed by atoms with van der Waals surface area (Å²) in [5, 5.41) is 0. The summed E-state index contributed by atoms with van der Waals surface area (Å²) in [7, 11) is -3.42. The minimum absolute atomic E-state index is 0.369. The molecule has 1 aromatic rings. The van der Waals surface area contributed by atoms with E-state index in [1.807, 2.05) is 19.9 Å². The lowest BCUT2D eigenvalue weighted by molar-refractivity contribution is 0.262. The van der Waals surface area contributed by atoms with E-state index in [9.17, 15) is 8.42 Å². The maximum Gasteiger partial charge on any atom is 0.243 e. The van der Waals surface area contributed by atoms with Gasteiger partial charge in [-0.15, -0.1) is 0 Å². The van der Waals surface area contributed by atoms with E-state index < -0.39 is 10.0 Å². The fraction of sp³-hybridized carbons (Fsp3) is 0.625. The van der Waals surface area contributed by atoms with Gasteiger partial charge in [0.15, 0.2) is 0 Å². The van der Waals surface area contributed by atoms with Crippen molar-refractivity contribution >= 4 is 15.7 Å². The number of piperidine rings is 1. The van der Waals surface area contributed by atoms with Gasteiger partial charge >= 0.3 is 0 Å². The van der Waals surface area contributed by atoms with Crippen molar-refractivity contribution in [3.05, 3.63) is 23.3 Å². The number of sulfonamides is 1. The monoisotopic (exact) mass is 310 g/mol. The van der Waals surface area contributed by atoms with E-state index in [4.69, 9.17) is 5.73 Å². The molecule has 0 amide bonds. The number of rotatable bonds is 4. The molecule has 0 radical (unpaired) electrons. The lowest BCUT2D eigenvalue weighted by Gasteiger charge is -2.31. The van der Waals surface area contributed by atoms with Gasteiger partial charge in [-0.2, -0.15) is 4.31 Å². The highest BCUT2D eigenvalue weighted by molar-refractivity contribution is 7.89. The van der Waals surface area contributed by atoms with Crippen LogP contribution < -0.4 is 5.73 Å². The van der Waals surface area contributed by atoms with Gasteiger partial charge in [-0.05, 0) is 55.9 Å². The van der Waals surface area contributed by atoms with Gasteiger partial charge in [0.1, 0.15) is 0 Å². The lowest BCUT2D eigenvalue weighted by atomic mass is 9.94. The van der Waals surface area contributed by atoms with Gasteiger partial charge in [0.2, 0.25) is 10.0 Å². The molecular formula is C16H26N2O2S. The van der Waals surface area contributed by atoms with E-state index >= 15 is 0 Å². The number of anilines is 1. The molecule has 118 valence electrons. The number of aryl methyl sites for hydroxylation is 1. The Morgan fingerprint density at radius 2 is 1.86 bits per heavy atom. The van der Waals surface area contributed by atoms with Crippen molar-refractivity contribution in [1.29, 1.82) is 0 Å². The summed E-state index contributed by atoms with van der Waals surface area (Å²) >= 11 is 0. The van der Waals surface area contributed by atoms with Gasteiger partial charge in [0.05, 0.1) is 4.90 Å². The SMILES string of the molecule is CCCC1CCN(S(=O)(=O)c2cc(N)cc(C)c2C)CC1. The average molecular weight is 310 g/mol. The predicted octanol–water partition coefficient (Wildman–Crippen LogP) is 3.09. The standard InChI is InChI=1S/C16H26N2O2S/c1-4-5-14-6-8-18(9-7-14)21(19,20)16-11-15(17)10-12(2)13(16)3/h10-11,14H,4-9,17H2,1-3H3. The number of hydrogen-bond donors (Lipinski definition) is 1. The normalized spacial score (nSPS) is 18.0. The molecule has 1 fully saturated rings. The van der Waals surface area contributed by atoms with Crippen LogP contribution >= 0.6 is 0 Å². The Kier molecular flexibility index (Phi) is 4.94. The minimum Gasteiger partial charge on any atom is -0.399 e. The molecule has 0 saturated carbocycles. The highest BCUT2D eigenvalue weighted by Crippen LogP contribution is 2.29. The van der Waals surface area contributed by atoms with Crippen LogP contribution in [0.2, 0.25) is 0 Å². The summed E-state index contributed by atoms with van der Waals surface area (Å²) in [6.45, 7) is 7.19. The van der Waals surface area contributed by atoms with Gasteiger partial charge in [-0.25, -0.2) is 8.42 Å². The average Bonchev–Trinajstić information content (AvgIpc) is 2.43.